The van der Waals surface area contributed by atoms with Crippen LogP contribution in [-0.4, -0.2) is 19.3 Å². The number of benzene rings is 2. The summed E-state index contributed by atoms with van der Waals surface area (Å²) in [6.07, 6.45) is -0.537. The van der Waals surface area contributed by atoms with Crippen LogP contribution in [-0.2, 0) is 0 Å². The van der Waals surface area contributed by atoms with Crippen LogP contribution in [0.2, 0.25) is 0 Å². The molecule has 0 unspecified atom stereocenters. The topological polar surface area (TPSA) is 47.9 Å². The van der Waals surface area contributed by atoms with Gasteiger partial charge in [-0.15, -0.1) is 0 Å². The van der Waals surface area contributed by atoms with Crippen LogP contribution in [0.5, 0.6) is 23.0 Å². The Morgan fingerprint density at radius 3 is 1.95 bits per heavy atom. The first-order chi connectivity index (χ1) is 10.0. The zero-order chi connectivity index (χ0) is 15.4. The Kier molecular flexibility index (Phi) is 5.09. The van der Waals surface area contributed by atoms with Gasteiger partial charge in [0.1, 0.15) is 23.0 Å². The second-order valence-electron chi connectivity index (χ2n) is 4.51. The van der Waals surface area contributed by atoms with Crippen molar-refractivity contribution in [2.45, 2.75) is 13.0 Å². The third kappa shape index (κ3) is 3.89. The van der Waals surface area contributed by atoms with Crippen molar-refractivity contribution in [2.75, 3.05) is 14.2 Å². The molecule has 0 aliphatic heterocycles. The average molecular weight is 353 g/mol. The van der Waals surface area contributed by atoms with Crippen LogP contribution < -0.4 is 14.2 Å². The van der Waals surface area contributed by atoms with E-state index in [1.54, 1.807) is 45.4 Å². The Bertz CT molecular complexity index is 603. The standard InChI is InChI=1S/C16H17BrO4/c1-10(18)15-5-4-11(9-16(15)17)21-14-7-12(19-2)6-13(8-14)20-3/h4-10,18H,1-3H3/t10-/m1/s1. The lowest BCUT2D eigenvalue weighted by Crippen LogP contribution is -1.94. The molecule has 5 heteroatoms. The van der Waals surface area contributed by atoms with Crippen LogP contribution in [0, 0.1) is 0 Å². The molecule has 4 nitrogen and oxygen atoms in total. The molecule has 2 aromatic carbocycles. The highest BCUT2D eigenvalue weighted by atomic mass is 79.9. The molecule has 0 radical (unpaired) electrons. The van der Waals surface area contributed by atoms with E-state index in [2.05, 4.69) is 15.9 Å². The van der Waals surface area contributed by atoms with E-state index in [0.717, 1.165) is 10.0 Å². The summed E-state index contributed by atoms with van der Waals surface area (Å²) in [5.41, 5.74) is 0.811. The lowest BCUT2D eigenvalue weighted by atomic mass is 10.1. The van der Waals surface area contributed by atoms with Crippen molar-refractivity contribution < 1.29 is 19.3 Å². The van der Waals surface area contributed by atoms with Crippen LogP contribution in [0.4, 0.5) is 0 Å². The minimum Gasteiger partial charge on any atom is -0.496 e. The van der Waals surface area contributed by atoms with Gasteiger partial charge in [-0.3, -0.25) is 0 Å². The molecule has 0 amide bonds. The number of rotatable bonds is 5. The summed E-state index contributed by atoms with van der Waals surface area (Å²) < 4.78 is 17.0. The lowest BCUT2D eigenvalue weighted by molar-refractivity contribution is 0.198. The third-order valence-electron chi connectivity index (χ3n) is 2.98. The molecule has 2 aromatic rings. The Morgan fingerprint density at radius 2 is 1.48 bits per heavy atom. The average Bonchev–Trinajstić information content (AvgIpc) is 2.46. The number of methoxy groups -OCH3 is 2. The van der Waals surface area contributed by atoms with Crippen molar-refractivity contribution in [3.8, 4) is 23.0 Å². The molecule has 0 heterocycles. The maximum Gasteiger partial charge on any atom is 0.134 e. The second kappa shape index (κ2) is 6.83. The summed E-state index contributed by atoms with van der Waals surface area (Å²) in [6, 6.07) is 10.8. The van der Waals surface area contributed by atoms with Crippen molar-refractivity contribution in [3.63, 3.8) is 0 Å². The quantitative estimate of drug-likeness (QED) is 0.870. The van der Waals surface area contributed by atoms with Gasteiger partial charge in [0.25, 0.3) is 0 Å². The normalized spacial score (nSPS) is 11.9. The van der Waals surface area contributed by atoms with E-state index in [9.17, 15) is 5.11 Å². The summed E-state index contributed by atoms with van der Waals surface area (Å²) in [5.74, 6) is 2.58. The molecule has 1 atom stereocenters. The molecule has 0 bridgehead atoms. The van der Waals surface area contributed by atoms with Crippen molar-refractivity contribution >= 4 is 15.9 Å². The molecule has 21 heavy (non-hydrogen) atoms. The van der Waals surface area contributed by atoms with Crippen LogP contribution in [0.15, 0.2) is 40.9 Å². The third-order valence-corrected chi connectivity index (χ3v) is 3.67. The number of ether oxygens (including phenoxy) is 3. The number of hydrogen-bond acceptors (Lipinski definition) is 4. The Hall–Kier alpha value is -1.72. The van der Waals surface area contributed by atoms with E-state index in [0.29, 0.717) is 23.0 Å². The van der Waals surface area contributed by atoms with Crippen molar-refractivity contribution in [3.05, 3.63) is 46.4 Å². The van der Waals surface area contributed by atoms with Crippen LogP contribution >= 0.6 is 15.9 Å². The zero-order valence-electron chi connectivity index (χ0n) is 12.1. The number of aliphatic hydroxyl groups is 1. The largest absolute Gasteiger partial charge is 0.496 e. The molecule has 0 fully saturated rings. The van der Waals surface area contributed by atoms with Crippen LogP contribution in [0.3, 0.4) is 0 Å². The van der Waals surface area contributed by atoms with Gasteiger partial charge in [0.05, 0.1) is 20.3 Å². The summed E-state index contributed by atoms with van der Waals surface area (Å²) in [4.78, 5) is 0. The van der Waals surface area contributed by atoms with Crippen LogP contribution in [0.25, 0.3) is 0 Å². The summed E-state index contributed by atoms with van der Waals surface area (Å²) >= 11 is 3.43. The molecule has 0 saturated heterocycles. The van der Waals surface area contributed by atoms with Crippen LogP contribution in [0.1, 0.15) is 18.6 Å². The SMILES string of the molecule is COc1cc(OC)cc(Oc2ccc([C@@H](C)O)c(Br)c2)c1. The minimum atomic E-state index is -0.537. The molecule has 112 valence electrons. The molecule has 0 saturated carbocycles. The summed E-state index contributed by atoms with van der Waals surface area (Å²) in [6.45, 7) is 1.72. The molecule has 0 aromatic heterocycles. The van der Waals surface area contributed by atoms with E-state index in [-0.39, 0.29) is 0 Å². The Morgan fingerprint density at radius 1 is 0.905 bits per heavy atom. The van der Waals surface area contributed by atoms with E-state index < -0.39 is 6.10 Å². The highest BCUT2D eigenvalue weighted by Crippen LogP contribution is 2.33. The Balaban J connectivity index is 2.27. The molecule has 0 aliphatic rings. The maximum absolute atomic E-state index is 9.62. The summed E-state index contributed by atoms with van der Waals surface area (Å²) in [7, 11) is 3.18. The molecule has 0 spiro atoms. The molecular weight excluding hydrogens is 336 g/mol. The fraction of sp³-hybridized carbons (Fsp3) is 0.250. The smallest absolute Gasteiger partial charge is 0.134 e. The highest BCUT2D eigenvalue weighted by molar-refractivity contribution is 9.10. The molecular formula is C16H17BrO4. The predicted molar refractivity (Wildman–Crippen MR) is 84.4 cm³/mol. The first-order valence-corrected chi connectivity index (χ1v) is 7.21. The lowest BCUT2D eigenvalue weighted by Gasteiger charge is -2.12. The molecule has 1 N–H and O–H groups in total. The number of hydrogen-bond donors (Lipinski definition) is 1. The van der Waals surface area contributed by atoms with Gasteiger partial charge in [-0.2, -0.15) is 0 Å². The van der Waals surface area contributed by atoms with Gasteiger partial charge in [0, 0.05) is 22.7 Å². The van der Waals surface area contributed by atoms with E-state index in [1.165, 1.54) is 0 Å². The van der Waals surface area contributed by atoms with Gasteiger partial charge in [0.2, 0.25) is 0 Å². The van der Waals surface area contributed by atoms with Gasteiger partial charge >= 0.3 is 0 Å². The molecule has 2 rings (SSSR count). The van der Waals surface area contributed by atoms with Crippen molar-refractivity contribution in [1.82, 2.24) is 0 Å². The summed E-state index contributed by atoms with van der Waals surface area (Å²) in [5, 5.41) is 9.62. The fourth-order valence-corrected chi connectivity index (χ4v) is 2.58. The van der Waals surface area contributed by atoms with E-state index in [4.69, 9.17) is 14.2 Å². The number of aliphatic hydroxyl groups excluding tert-OH is 1. The van der Waals surface area contributed by atoms with Gasteiger partial charge in [0.15, 0.2) is 0 Å². The molecule has 0 aliphatic carbocycles. The first-order valence-electron chi connectivity index (χ1n) is 6.42. The maximum atomic E-state index is 9.62. The monoisotopic (exact) mass is 352 g/mol. The number of halogens is 1. The van der Waals surface area contributed by atoms with E-state index in [1.807, 2.05) is 12.1 Å². The highest BCUT2D eigenvalue weighted by Gasteiger charge is 2.09. The van der Waals surface area contributed by atoms with Gasteiger partial charge in [-0.25, -0.2) is 0 Å². The first kappa shape index (κ1) is 15.7. The predicted octanol–water partition coefficient (Wildman–Crippen LogP) is 4.31. The van der Waals surface area contributed by atoms with Crippen molar-refractivity contribution in [2.24, 2.45) is 0 Å². The van der Waals surface area contributed by atoms with Crippen molar-refractivity contribution in [1.29, 1.82) is 0 Å². The Labute approximate surface area is 132 Å². The minimum absolute atomic E-state index is 0.537. The van der Waals surface area contributed by atoms with Gasteiger partial charge in [-0.1, -0.05) is 22.0 Å². The fourth-order valence-electron chi connectivity index (χ4n) is 1.89. The van der Waals surface area contributed by atoms with Gasteiger partial charge in [-0.05, 0) is 24.6 Å². The van der Waals surface area contributed by atoms with E-state index >= 15 is 0 Å². The van der Waals surface area contributed by atoms with Gasteiger partial charge < -0.3 is 19.3 Å². The second-order valence-corrected chi connectivity index (χ2v) is 5.36. The zero-order valence-corrected chi connectivity index (χ0v) is 13.7.